The summed E-state index contributed by atoms with van der Waals surface area (Å²) in [6.07, 6.45) is 0. The lowest BCUT2D eigenvalue weighted by atomic mass is 10.3. The summed E-state index contributed by atoms with van der Waals surface area (Å²) < 4.78 is 23.3. The molecule has 1 aromatic heterocycles. The maximum atomic E-state index is 11.1. The van der Waals surface area contributed by atoms with Gasteiger partial charge in [-0.2, -0.15) is 0 Å². The molecule has 0 radical (unpaired) electrons. The van der Waals surface area contributed by atoms with Crippen LogP contribution in [0, 0.1) is 0 Å². The van der Waals surface area contributed by atoms with E-state index >= 15 is 0 Å². The lowest BCUT2D eigenvalue weighted by molar-refractivity contribution is 0.600. The van der Waals surface area contributed by atoms with Crippen LogP contribution in [0.1, 0.15) is 17.2 Å². The fourth-order valence-electron chi connectivity index (χ4n) is 1.18. The Balaban J connectivity index is 2.54. The number of benzene rings is 1. The molecule has 0 saturated heterocycles. The van der Waals surface area contributed by atoms with E-state index in [0.29, 0.717) is 5.01 Å². The van der Waals surface area contributed by atoms with Gasteiger partial charge in [-0.25, -0.2) is 13.4 Å². The molecule has 0 N–H and O–H groups in total. The lowest BCUT2D eigenvalue weighted by Crippen LogP contribution is -2.01. The van der Waals surface area contributed by atoms with Gasteiger partial charge in [-0.15, -0.1) is 11.3 Å². The predicted octanol–water partition coefficient (Wildman–Crippen LogP) is 2.93. The van der Waals surface area contributed by atoms with E-state index in [1.54, 1.807) is 6.92 Å². The number of rotatable bonds is 2. The van der Waals surface area contributed by atoms with Crippen LogP contribution in [0.4, 0.5) is 0 Å². The second-order valence-corrected chi connectivity index (χ2v) is 7.15. The Morgan fingerprint density at radius 1 is 1.40 bits per heavy atom. The summed E-state index contributed by atoms with van der Waals surface area (Å²) in [5.41, 5.74) is 0.810. The third kappa shape index (κ3) is 2.14. The summed E-state index contributed by atoms with van der Waals surface area (Å²) in [6.45, 7) is 1.54. The molecule has 1 aromatic carbocycles. The summed E-state index contributed by atoms with van der Waals surface area (Å²) in [6, 6.07) is 7.52. The Bertz CT molecular complexity index is 558. The maximum absolute atomic E-state index is 11.1. The van der Waals surface area contributed by atoms with Gasteiger partial charge >= 0.3 is 0 Å². The van der Waals surface area contributed by atoms with Gasteiger partial charge in [0, 0.05) is 10.7 Å². The molecule has 0 aliphatic carbocycles. The molecule has 2 aromatic rings. The van der Waals surface area contributed by atoms with Gasteiger partial charge in [0.2, 0.25) is 9.05 Å². The van der Waals surface area contributed by atoms with E-state index in [0.717, 1.165) is 10.2 Å². The number of fused-ring (bicyclic) bond motifs is 1. The molecule has 0 bridgehead atoms. The highest BCUT2D eigenvalue weighted by Gasteiger charge is 2.23. The van der Waals surface area contributed by atoms with E-state index in [-0.39, 0.29) is 0 Å². The van der Waals surface area contributed by atoms with E-state index in [1.165, 1.54) is 11.3 Å². The number of halogens is 1. The number of aromatic nitrogens is 1. The Morgan fingerprint density at radius 2 is 2.07 bits per heavy atom. The summed E-state index contributed by atoms with van der Waals surface area (Å²) >= 11 is 1.36. The Kier molecular flexibility index (Phi) is 2.70. The van der Waals surface area contributed by atoms with Crippen LogP contribution in [0.15, 0.2) is 24.3 Å². The average Bonchev–Trinajstić information content (AvgIpc) is 2.58. The molecular weight excluding hydrogens is 254 g/mol. The van der Waals surface area contributed by atoms with Gasteiger partial charge in [-0.3, -0.25) is 0 Å². The van der Waals surface area contributed by atoms with Crippen molar-refractivity contribution in [1.82, 2.24) is 4.98 Å². The molecule has 15 heavy (non-hydrogen) atoms. The van der Waals surface area contributed by atoms with Crippen LogP contribution in [-0.2, 0) is 9.05 Å². The second kappa shape index (κ2) is 3.73. The molecule has 0 amide bonds. The van der Waals surface area contributed by atoms with Crippen LogP contribution in [0.25, 0.3) is 10.2 Å². The highest BCUT2D eigenvalue weighted by atomic mass is 35.7. The SMILES string of the molecule is CC(c1nc2ccccc2s1)S(=O)(=O)Cl. The molecule has 6 heteroatoms. The highest BCUT2D eigenvalue weighted by Crippen LogP contribution is 2.31. The topological polar surface area (TPSA) is 47.0 Å². The summed E-state index contributed by atoms with van der Waals surface area (Å²) in [4.78, 5) is 4.23. The normalized spacial score (nSPS) is 14.3. The van der Waals surface area contributed by atoms with Crippen molar-refractivity contribution in [3.05, 3.63) is 29.3 Å². The smallest absolute Gasteiger partial charge is 0.240 e. The first-order valence-corrected chi connectivity index (χ1v) is 7.46. The monoisotopic (exact) mass is 261 g/mol. The molecule has 0 fully saturated rings. The Labute approximate surface area is 96.1 Å². The van der Waals surface area contributed by atoms with Crippen LogP contribution in [0.5, 0.6) is 0 Å². The fraction of sp³-hybridized carbons (Fsp3) is 0.222. The van der Waals surface area contributed by atoms with Crippen molar-refractivity contribution in [3.63, 3.8) is 0 Å². The van der Waals surface area contributed by atoms with Gasteiger partial charge in [-0.05, 0) is 19.1 Å². The van der Waals surface area contributed by atoms with Crippen LogP contribution in [0.3, 0.4) is 0 Å². The van der Waals surface area contributed by atoms with Gasteiger partial charge in [-0.1, -0.05) is 12.1 Å². The van der Waals surface area contributed by atoms with Crippen molar-refractivity contribution < 1.29 is 8.42 Å². The van der Waals surface area contributed by atoms with E-state index in [1.807, 2.05) is 24.3 Å². The number of thiazole rings is 1. The Hall–Kier alpha value is -0.650. The first-order valence-electron chi connectivity index (χ1n) is 4.27. The number of nitrogens with zero attached hydrogens (tertiary/aromatic N) is 1. The average molecular weight is 262 g/mol. The zero-order chi connectivity index (χ0) is 11.1. The number of para-hydroxylation sites is 1. The molecule has 0 saturated carbocycles. The van der Waals surface area contributed by atoms with E-state index in [2.05, 4.69) is 4.98 Å². The number of hydrogen-bond donors (Lipinski definition) is 0. The molecular formula is C9H8ClNO2S2. The van der Waals surface area contributed by atoms with E-state index in [4.69, 9.17) is 10.7 Å². The van der Waals surface area contributed by atoms with Crippen molar-refractivity contribution >= 4 is 41.3 Å². The standard InChI is InChI=1S/C9H8ClNO2S2/c1-6(15(10,12)13)9-11-7-4-2-3-5-8(7)14-9/h2-6H,1H3. The quantitative estimate of drug-likeness (QED) is 0.781. The predicted molar refractivity (Wildman–Crippen MR) is 62.8 cm³/mol. The van der Waals surface area contributed by atoms with Crippen LogP contribution in [-0.4, -0.2) is 13.4 Å². The molecule has 2 rings (SSSR count). The van der Waals surface area contributed by atoms with Gasteiger partial charge in [0.25, 0.3) is 0 Å². The van der Waals surface area contributed by atoms with Crippen molar-refractivity contribution in [2.24, 2.45) is 0 Å². The van der Waals surface area contributed by atoms with Crippen LogP contribution in [0.2, 0.25) is 0 Å². The summed E-state index contributed by atoms with van der Waals surface area (Å²) in [7, 11) is 1.70. The zero-order valence-corrected chi connectivity index (χ0v) is 10.2. The van der Waals surface area contributed by atoms with E-state index in [9.17, 15) is 8.42 Å². The molecule has 0 aliphatic heterocycles. The molecule has 1 atom stereocenters. The Morgan fingerprint density at radius 3 is 2.67 bits per heavy atom. The largest absolute Gasteiger partial charge is 0.241 e. The summed E-state index contributed by atoms with van der Waals surface area (Å²) in [5.74, 6) is 0. The minimum absolute atomic E-state index is 0.534. The van der Waals surface area contributed by atoms with E-state index < -0.39 is 14.3 Å². The van der Waals surface area contributed by atoms with Gasteiger partial charge < -0.3 is 0 Å². The second-order valence-electron chi connectivity index (χ2n) is 3.14. The zero-order valence-electron chi connectivity index (χ0n) is 7.84. The van der Waals surface area contributed by atoms with Gasteiger partial charge in [0.15, 0.2) is 0 Å². The molecule has 1 unspecified atom stereocenters. The lowest BCUT2D eigenvalue weighted by Gasteiger charge is -2.01. The minimum atomic E-state index is -3.58. The molecule has 0 spiro atoms. The maximum Gasteiger partial charge on any atom is 0.241 e. The van der Waals surface area contributed by atoms with Crippen LogP contribution < -0.4 is 0 Å². The molecule has 3 nitrogen and oxygen atoms in total. The van der Waals surface area contributed by atoms with Crippen molar-refractivity contribution in [2.75, 3.05) is 0 Å². The molecule has 1 heterocycles. The first kappa shape index (κ1) is 10.9. The minimum Gasteiger partial charge on any atom is -0.240 e. The summed E-state index contributed by atoms with van der Waals surface area (Å²) in [5, 5.41) is -0.220. The van der Waals surface area contributed by atoms with Crippen molar-refractivity contribution in [1.29, 1.82) is 0 Å². The van der Waals surface area contributed by atoms with Gasteiger partial charge in [0.05, 0.1) is 10.2 Å². The fourth-order valence-corrected chi connectivity index (χ4v) is 3.31. The number of hydrogen-bond acceptors (Lipinski definition) is 4. The highest BCUT2D eigenvalue weighted by molar-refractivity contribution is 8.14. The van der Waals surface area contributed by atoms with Crippen molar-refractivity contribution in [2.45, 2.75) is 12.2 Å². The third-order valence-corrected chi connectivity index (χ3v) is 5.32. The van der Waals surface area contributed by atoms with Crippen molar-refractivity contribution in [3.8, 4) is 0 Å². The molecule has 0 aliphatic rings. The van der Waals surface area contributed by atoms with Crippen LogP contribution >= 0.6 is 22.0 Å². The molecule has 80 valence electrons. The van der Waals surface area contributed by atoms with Gasteiger partial charge in [0.1, 0.15) is 10.3 Å². The first-order chi connectivity index (χ1) is 6.98. The third-order valence-electron chi connectivity index (χ3n) is 2.08.